The minimum atomic E-state index is -3.63. The Morgan fingerprint density at radius 3 is 2.70 bits per heavy atom. The number of H-pyrrole nitrogens is 1. The molecule has 0 aliphatic carbocycles. The first kappa shape index (κ1) is 15.6. The van der Waals surface area contributed by atoms with E-state index in [-0.39, 0.29) is 21.7 Å². The highest BCUT2D eigenvalue weighted by atomic mass is 32.2. The average Bonchev–Trinajstić information content (AvgIpc) is 2.76. The lowest BCUT2D eigenvalue weighted by Crippen LogP contribution is -2.34. The van der Waals surface area contributed by atoms with Gasteiger partial charge in [-0.15, -0.1) is 0 Å². The second-order valence-corrected chi connectivity index (χ2v) is 7.59. The Hall–Kier alpha value is -0.740. The second kappa shape index (κ2) is 6.81. The Kier molecular flexibility index (Phi) is 5.33. The molecular formula is C11H19N3O4S2. The maximum absolute atomic E-state index is 12.0. The average molecular weight is 321 g/mol. The van der Waals surface area contributed by atoms with Gasteiger partial charge in [0.15, 0.2) is 4.21 Å². The molecule has 0 atom stereocenters. The van der Waals surface area contributed by atoms with Gasteiger partial charge in [0.1, 0.15) is 0 Å². The molecule has 3 N–H and O–H groups in total. The van der Waals surface area contributed by atoms with Crippen LogP contribution in [0.25, 0.3) is 0 Å². The topological polar surface area (TPSA) is 100 Å². The van der Waals surface area contributed by atoms with Gasteiger partial charge in [-0.1, -0.05) is 11.3 Å². The largest absolute Gasteiger partial charge is 0.377 e. The molecule has 1 aromatic heterocycles. The standard InChI is InChI=1S/C11H19N3O4S2/c1-8-10(19-11(15)14-8)20(16,17)13-6-7-18-9-2-4-12-5-3-9/h9,12-13H,2-7H2,1H3,(H,14,15). The molecule has 114 valence electrons. The lowest BCUT2D eigenvalue weighted by Gasteiger charge is -2.22. The molecule has 0 unspecified atom stereocenters. The van der Waals surface area contributed by atoms with Crippen molar-refractivity contribution in [2.75, 3.05) is 26.2 Å². The number of hydrogen-bond donors (Lipinski definition) is 3. The third-order valence-corrected chi connectivity index (χ3v) is 6.12. The Morgan fingerprint density at radius 2 is 2.10 bits per heavy atom. The van der Waals surface area contributed by atoms with Gasteiger partial charge in [0.2, 0.25) is 0 Å². The monoisotopic (exact) mass is 321 g/mol. The molecule has 0 bridgehead atoms. The number of nitrogens with one attached hydrogen (secondary N) is 3. The Bertz CT molecular complexity index is 587. The number of piperidine rings is 1. The molecule has 2 rings (SSSR count). The summed E-state index contributed by atoms with van der Waals surface area (Å²) in [6.45, 7) is 3.98. The van der Waals surface area contributed by atoms with Gasteiger partial charge < -0.3 is 15.0 Å². The zero-order valence-corrected chi connectivity index (χ0v) is 12.9. The SMILES string of the molecule is Cc1[nH]c(=O)sc1S(=O)(=O)NCCOC1CCNCC1. The van der Waals surface area contributed by atoms with Crippen molar-refractivity contribution in [3.63, 3.8) is 0 Å². The number of sulfonamides is 1. The van der Waals surface area contributed by atoms with Crippen molar-refractivity contribution >= 4 is 21.4 Å². The fourth-order valence-corrected chi connectivity index (χ4v) is 4.43. The maximum atomic E-state index is 12.0. The van der Waals surface area contributed by atoms with Crippen molar-refractivity contribution in [2.24, 2.45) is 0 Å². The first-order valence-electron chi connectivity index (χ1n) is 6.51. The zero-order chi connectivity index (χ0) is 14.6. The molecule has 1 fully saturated rings. The minimum absolute atomic E-state index is 0.0457. The highest BCUT2D eigenvalue weighted by Crippen LogP contribution is 2.15. The van der Waals surface area contributed by atoms with E-state index in [2.05, 4.69) is 15.0 Å². The van der Waals surface area contributed by atoms with Crippen LogP contribution in [0.4, 0.5) is 0 Å². The van der Waals surface area contributed by atoms with Gasteiger partial charge in [-0.25, -0.2) is 13.1 Å². The Labute approximate surface area is 121 Å². The first-order valence-corrected chi connectivity index (χ1v) is 8.81. The molecule has 1 aromatic rings. The fraction of sp³-hybridized carbons (Fsp3) is 0.727. The highest BCUT2D eigenvalue weighted by Gasteiger charge is 2.20. The number of aromatic nitrogens is 1. The van der Waals surface area contributed by atoms with E-state index in [0.29, 0.717) is 23.6 Å². The number of aromatic amines is 1. The number of hydrogen-bond acceptors (Lipinski definition) is 6. The third kappa shape index (κ3) is 4.13. The van der Waals surface area contributed by atoms with Crippen LogP contribution in [0.15, 0.2) is 9.00 Å². The van der Waals surface area contributed by atoms with E-state index < -0.39 is 10.0 Å². The fourth-order valence-electron chi connectivity index (χ4n) is 2.08. The summed E-state index contributed by atoms with van der Waals surface area (Å²) < 4.78 is 32.1. The molecule has 20 heavy (non-hydrogen) atoms. The van der Waals surface area contributed by atoms with Crippen LogP contribution in [-0.4, -0.2) is 45.7 Å². The lowest BCUT2D eigenvalue weighted by atomic mass is 10.1. The molecule has 1 aliphatic heterocycles. The molecular weight excluding hydrogens is 302 g/mol. The summed E-state index contributed by atoms with van der Waals surface area (Å²) in [4.78, 5) is 13.2. The Balaban J connectivity index is 1.80. The summed E-state index contributed by atoms with van der Waals surface area (Å²) in [7, 11) is -3.63. The molecule has 7 nitrogen and oxygen atoms in total. The van der Waals surface area contributed by atoms with Crippen molar-refractivity contribution in [1.82, 2.24) is 15.0 Å². The van der Waals surface area contributed by atoms with Crippen LogP contribution in [0.3, 0.4) is 0 Å². The van der Waals surface area contributed by atoms with E-state index in [1.807, 2.05) is 0 Å². The van der Waals surface area contributed by atoms with Gasteiger partial charge in [-0.05, 0) is 32.9 Å². The molecule has 9 heteroatoms. The third-order valence-electron chi connectivity index (χ3n) is 3.06. The highest BCUT2D eigenvalue weighted by molar-refractivity contribution is 7.91. The molecule has 0 spiro atoms. The predicted molar refractivity (Wildman–Crippen MR) is 76.7 cm³/mol. The predicted octanol–water partition coefficient (Wildman–Crippen LogP) is -0.208. The van der Waals surface area contributed by atoms with E-state index in [0.717, 1.165) is 25.9 Å². The maximum Gasteiger partial charge on any atom is 0.305 e. The van der Waals surface area contributed by atoms with Gasteiger partial charge >= 0.3 is 4.87 Å². The molecule has 0 saturated carbocycles. The van der Waals surface area contributed by atoms with E-state index >= 15 is 0 Å². The van der Waals surface area contributed by atoms with Gasteiger partial charge in [-0.2, -0.15) is 0 Å². The smallest absolute Gasteiger partial charge is 0.305 e. The van der Waals surface area contributed by atoms with Crippen molar-refractivity contribution < 1.29 is 13.2 Å². The van der Waals surface area contributed by atoms with Crippen LogP contribution in [0, 0.1) is 6.92 Å². The molecule has 0 aromatic carbocycles. The van der Waals surface area contributed by atoms with Crippen LogP contribution < -0.4 is 14.9 Å². The summed E-state index contributed by atoms with van der Waals surface area (Å²) in [5.41, 5.74) is 0.367. The molecule has 1 saturated heterocycles. The lowest BCUT2D eigenvalue weighted by molar-refractivity contribution is 0.0367. The quantitative estimate of drug-likeness (QED) is 0.630. The summed E-state index contributed by atoms with van der Waals surface area (Å²) in [5, 5.41) is 3.24. The van der Waals surface area contributed by atoms with Crippen molar-refractivity contribution in [3.8, 4) is 0 Å². The van der Waals surface area contributed by atoms with Gasteiger partial charge in [0.25, 0.3) is 10.0 Å². The molecule has 1 aliphatic rings. The minimum Gasteiger partial charge on any atom is -0.377 e. The zero-order valence-electron chi connectivity index (χ0n) is 11.3. The Morgan fingerprint density at radius 1 is 1.40 bits per heavy atom. The van der Waals surface area contributed by atoms with E-state index in [9.17, 15) is 13.2 Å². The number of thiazole rings is 1. The van der Waals surface area contributed by atoms with Crippen molar-refractivity contribution in [3.05, 3.63) is 15.4 Å². The van der Waals surface area contributed by atoms with Crippen LogP contribution in [0.5, 0.6) is 0 Å². The summed E-state index contributed by atoms with van der Waals surface area (Å²) >= 11 is 0.697. The number of aryl methyl sites for hydroxylation is 1. The van der Waals surface area contributed by atoms with E-state index in [1.54, 1.807) is 6.92 Å². The van der Waals surface area contributed by atoms with Gasteiger partial charge in [0, 0.05) is 12.2 Å². The molecule has 0 amide bonds. The van der Waals surface area contributed by atoms with E-state index in [1.165, 1.54) is 0 Å². The normalized spacial score (nSPS) is 17.4. The van der Waals surface area contributed by atoms with Crippen LogP contribution in [-0.2, 0) is 14.8 Å². The van der Waals surface area contributed by atoms with Crippen LogP contribution in [0.2, 0.25) is 0 Å². The van der Waals surface area contributed by atoms with E-state index in [4.69, 9.17) is 4.74 Å². The number of rotatable bonds is 6. The summed E-state index contributed by atoms with van der Waals surface area (Å²) in [6.07, 6.45) is 2.10. The van der Waals surface area contributed by atoms with Crippen molar-refractivity contribution in [2.45, 2.75) is 30.1 Å². The van der Waals surface area contributed by atoms with Crippen LogP contribution in [0.1, 0.15) is 18.5 Å². The first-order chi connectivity index (χ1) is 9.49. The summed E-state index contributed by atoms with van der Waals surface area (Å²) in [5.74, 6) is 0. The number of ether oxygens (including phenoxy) is 1. The second-order valence-electron chi connectivity index (χ2n) is 4.64. The summed E-state index contributed by atoms with van der Waals surface area (Å²) in [6, 6.07) is 0. The molecule has 2 heterocycles. The molecule has 0 radical (unpaired) electrons. The van der Waals surface area contributed by atoms with Crippen LogP contribution >= 0.6 is 11.3 Å². The van der Waals surface area contributed by atoms with Gasteiger partial charge in [0.05, 0.1) is 12.7 Å². The van der Waals surface area contributed by atoms with Gasteiger partial charge in [-0.3, -0.25) is 4.79 Å². The van der Waals surface area contributed by atoms with Crippen molar-refractivity contribution in [1.29, 1.82) is 0 Å².